The molecule has 1 saturated heterocycles. The predicted octanol–water partition coefficient (Wildman–Crippen LogP) is 2.95. The third-order valence-electron chi connectivity index (χ3n) is 4.08. The first kappa shape index (κ1) is 13.9. The van der Waals surface area contributed by atoms with E-state index in [2.05, 4.69) is 20.8 Å². The maximum absolute atomic E-state index is 10.2. The Bertz CT molecular complexity index is 230. The highest BCUT2D eigenvalue weighted by Gasteiger charge is 2.46. The van der Waals surface area contributed by atoms with Crippen LogP contribution in [0.2, 0.25) is 0 Å². The minimum atomic E-state index is -0.176. The third kappa shape index (κ3) is 2.96. The van der Waals surface area contributed by atoms with Gasteiger partial charge in [0, 0.05) is 11.1 Å². The lowest BCUT2D eigenvalue weighted by Crippen LogP contribution is -2.47. The number of hydroxylamine groups is 2. The van der Waals surface area contributed by atoms with Crippen molar-refractivity contribution in [1.82, 2.24) is 5.06 Å². The minimum absolute atomic E-state index is 0.0991. The maximum Gasteiger partial charge on any atom is 0.0537 e. The first-order valence-electron chi connectivity index (χ1n) is 6.49. The number of hydrogen-bond acceptors (Lipinski definition) is 3. The zero-order valence-electron chi connectivity index (χ0n) is 11.2. The van der Waals surface area contributed by atoms with Crippen LogP contribution >= 0.6 is 0 Å². The Morgan fingerprint density at radius 3 is 2.31 bits per heavy atom. The maximum atomic E-state index is 10.2. The van der Waals surface area contributed by atoms with Gasteiger partial charge in [0.2, 0.25) is 0 Å². The molecule has 96 valence electrons. The van der Waals surface area contributed by atoms with Crippen molar-refractivity contribution < 1.29 is 10.3 Å². The first-order chi connectivity index (χ1) is 7.32. The highest BCUT2D eigenvalue weighted by molar-refractivity contribution is 4.98. The summed E-state index contributed by atoms with van der Waals surface area (Å²) in [5.74, 6) is 0. The molecule has 1 aliphatic rings. The summed E-state index contributed by atoms with van der Waals surface area (Å²) >= 11 is 0. The van der Waals surface area contributed by atoms with Crippen LogP contribution in [0.4, 0.5) is 0 Å². The molecule has 0 radical (unpaired) electrons. The van der Waals surface area contributed by atoms with Crippen LogP contribution in [-0.4, -0.2) is 32.6 Å². The predicted molar refractivity (Wildman–Crippen MR) is 65.5 cm³/mol. The highest BCUT2D eigenvalue weighted by atomic mass is 16.5. The van der Waals surface area contributed by atoms with Crippen molar-refractivity contribution in [2.24, 2.45) is 0 Å². The molecule has 0 spiro atoms. The van der Waals surface area contributed by atoms with E-state index in [1.165, 1.54) is 0 Å². The summed E-state index contributed by atoms with van der Waals surface area (Å²) in [7, 11) is 0. The Labute approximate surface area is 99.4 Å². The average molecular weight is 229 g/mol. The number of aliphatic hydroxyl groups excluding tert-OH is 1. The van der Waals surface area contributed by atoms with E-state index in [4.69, 9.17) is 0 Å². The standard InChI is InChI=1S/C13H27NO2/c1-5-11(15)7-6-8-13(4)10-9-12(2,3)14(13)16/h11,15-16H,5-10H2,1-4H3. The molecule has 2 N–H and O–H groups in total. The molecule has 0 aliphatic carbocycles. The summed E-state index contributed by atoms with van der Waals surface area (Å²) in [6.07, 6.45) is 5.52. The molecule has 0 aromatic rings. The van der Waals surface area contributed by atoms with Crippen LogP contribution in [0.1, 0.15) is 66.2 Å². The van der Waals surface area contributed by atoms with Crippen LogP contribution in [0.15, 0.2) is 0 Å². The fourth-order valence-electron chi connectivity index (χ4n) is 2.67. The van der Waals surface area contributed by atoms with E-state index in [-0.39, 0.29) is 17.2 Å². The third-order valence-corrected chi connectivity index (χ3v) is 4.08. The average Bonchev–Trinajstić information content (AvgIpc) is 2.43. The van der Waals surface area contributed by atoms with Crippen LogP contribution in [0.5, 0.6) is 0 Å². The van der Waals surface area contributed by atoms with E-state index in [0.717, 1.165) is 38.5 Å². The van der Waals surface area contributed by atoms with Crippen LogP contribution in [0.3, 0.4) is 0 Å². The van der Waals surface area contributed by atoms with E-state index in [9.17, 15) is 10.3 Å². The molecule has 1 fully saturated rings. The van der Waals surface area contributed by atoms with Gasteiger partial charge in [0.1, 0.15) is 0 Å². The van der Waals surface area contributed by atoms with Crippen LogP contribution in [0, 0.1) is 0 Å². The Balaban J connectivity index is 2.42. The molecule has 3 heteroatoms. The van der Waals surface area contributed by atoms with Crippen molar-refractivity contribution in [3.8, 4) is 0 Å². The quantitative estimate of drug-likeness (QED) is 0.761. The molecule has 0 amide bonds. The molecule has 1 aliphatic heterocycles. The van der Waals surface area contributed by atoms with Gasteiger partial charge in [0.25, 0.3) is 0 Å². The second kappa shape index (κ2) is 5.03. The van der Waals surface area contributed by atoms with Gasteiger partial charge >= 0.3 is 0 Å². The van der Waals surface area contributed by atoms with Crippen molar-refractivity contribution in [1.29, 1.82) is 0 Å². The van der Waals surface area contributed by atoms with Crippen LogP contribution < -0.4 is 0 Å². The number of nitrogens with zero attached hydrogens (tertiary/aromatic N) is 1. The smallest absolute Gasteiger partial charge is 0.0537 e. The topological polar surface area (TPSA) is 43.7 Å². The molecule has 2 unspecified atom stereocenters. The fourth-order valence-corrected chi connectivity index (χ4v) is 2.67. The number of hydrogen-bond donors (Lipinski definition) is 2. The zero-order chi connectivity index (χ0) is 12.4. The van der Waals surface area contributed by atoms with Gasteiger partial charge in [-0.25, -0.2) is 0 Å². The van der Waals surface area contributed by atoms with Gasteiger partial charge < -0.3 is 10.3 Å². The van der Waals surface area contributed by atoms with E-state index < -0.39 is 0 Å². The molecule has 0 saturated carbocycles. The zero-order valence-corrected chi connectivity index (χ0v) is 11.2. The normalized spacial score (nSPS) is 31.9. The Kier molecular flexibility index (Phi) is 4.38. The Morgan fingerprint density at radius 1 is 1.25 bits per heavy atom. The lowest BCUT2D eigenvalue weighted by Gasteiger charge is -2.37. The summed E-state index contributed by atoms with van der Waals surface area (Å²) in [6.45, 7) is 8.29. The summed E-state index contributed by atoms with van der Waals surface area (Å²) in [5.41, 5.74) is -0.199. The molecule has 16 heavy (non-hydrogen) atoms. The van der Waals surface area contributed by atoms with E-state index in [0.29, 0.717) is 0 Å². The van der Waals surface area contributed by atoms with Gasteiger partial charge in [-0.2, -0.15) is 5.06 Å². The van der Waals surface area contributed by atoms with Crippen molar-refractivity contribution in [3.63, 3.8) is 0 Å². The summed E-state index contributed by atoms with van der Waals surface area (Å²) in [5, 5.41) is 21.2. The molecule has 2 atom stereocenters. The molecule has 0 aromatic carbocycles. The monoisotopic (exact) mass is 229 g/mol. The Hall–Kier alpha value is -0.120. The lowest BCUT2D eigenvalue weighted by molar-refractivity contribution is -0.199. The van der Waals surface area contributed by atoms with Gasteiger partial charge in [0.05, 0.1) is 6.10 Å². The SMILES string of the molecule is CCC(O)CCCC1(C)CCC(C)(C)N1O. The molecule has 1 rings (SSSR count). The molecular weight excluding hydrogens is 202 g/mol. The van der Waals surface area contributed by atoms with Gasteiger partial charge in [-0.1, -0.05) is 6.92 Å². The molecular formula is C13H27NO2. The first-order valence-corrected chi connectivity index (χ1v) is 6.49. The molecule has 3 nitrogen and oxygen atoms in total. The van der Waals surface area contributed by atoms with Gasteiger partial charge in [0.15, 0.2) is 0 Å². The number of aliphatic hydroxyl groups is 1. The van der Waals surface area contributed by atoms with E-state index in [1.807, 2.05) is 6.92 Å². The molecule has 1 heterocycles. The minimum Gasteiger partial charge on any atom is -0.393 e. The van der Waals surface area contributed by atoms with E-state index in [1.54, 1.807) is 5.06 Å². The summed E-state index contributed by atoms with van der Waals surface area (Å²) < 4.78 is 0. The van der Waals surface area contributed by atoms with E-state index >= 15 is 0 Å². The fraction of sp³-hybridized carbons (Fsp3) is 1.00. The second-order valence-electron chi connectivity index (χ2n) is 6.08. The van der Waals surface area contributed by atoms with Gasteiger partial charge in [-0.15, -0.1) is 0 Å². The van der Waals surface area contributed by atoms with Crippen LogP contribution in [0.25, 0.3) is 0 Å². The van der Waals surface area contributed by atoms with Crippen molar-refractivity contribution in [2.75, 3.05) is 0 Å². The molecule has 0 aromatic heterocycles. The second-order valence-corrected chi connectivity index (χ2v) is 6.08. The number of rotatable bonds is 5. The highest BCUT2D eigenvalue weighted by Crippen LogP contribution is 2.41. The van der Waals surface area contributed by atoms with Crippen molar-refractivity contribution in [3.05, 3.63) is 0 Å². The summed E-state index contributed by atoms with van der Waals surface area (Å²) in [4.78, 5) is 0. The largest absolute Gasteiger partial charge is 0.393 e. The van der Waals surface area contributed by atoms with Gasteiger partial charge in [-0.05, 0) is 59.3 Å². The van der Waals surface area contributed by atoms with Crippen molar-refractivity contribution >= 4 is 0 Å². The molecule has 0 bridgehead atoms. The summed E-state index contributed by atoms with van der Waals surface area (Å²) in [6, 6.07) is 0. The Morgan fingerprint density at radius 2 is 1.88 bits per heavy atom. The van der Waals surface area contributed by atoms with Crippen LogP contribution in [-0.2, 0) is 0 Å². The van der Waals surface area contributed by atoms with Crippen molar-refractivity contribution in [2.45, 2.75) is 83.4 Å². The lowest BCUT2D eigenvalue weighted by atomic mass is 9.92. The van der Waals surface area contributed by atoms with Gasteiger partial charge in [-0.3, -0.25) is 0 Å².